The van der Waals surface area contributed by atoms with Crippen molar-refractivity contribution in [3.63, 3.8) is 0 Å². The van der Waals surface area contributed by atoms with Crippen molar-refractivity contribution in [2.45, 2.75) is 19.3 Å². The van der Waals surface area contributed by atoms with Crippen molar-refractivity contribution in [2.24, 2.45) is 0 Å². The number of rotatable bonds is 5. The summed E-state index contributed by atoms with van der Waals surface area (Å²) in [6, 6.07) is 73.6. The molecule has 3 nitrogen and oxygen atoms in total. The van der Waals surface area contributed by atoms with Gasteiger partial charge in [-0.2, -0.15) is 0 Å². The van der Waals surface area contributed by atoms with Gasteiger partial charge in [-0.25, -0.2) is 0 Å². The van der Waals surface area contributed by atoms with E-state index in [1.165, 1.54) is 67.3 Å². The van der Waals surface area contributed by atoms with Crippen molar-refractivity contribution in [2.75, 3.05) is 0 Å². The number of benzene rings is 8. The van der Waals surface area contributed by atoms with Crippen LogP contribution in [0.25, 0.3) is 72.4 Å². The third-order valence-electron chi connectivity index (χ3n) is 13.1. The zero-order valence-corrected chi connectivity index (χ0v) is 35.0. The molecule has 1 aliphatic heterocycles. The molecule has 3 heterocycles. The zero-order valence-electron chi connectivity index (χ0n) is 32.9. The topological polar surface area (TPSA) is 30.7 Å². The molecule has 0 spiro atoms. The molecule has 0 atom stereocenters. The average molecular weight is 815 g/mol. The van der Waals surface area contributed by atoms with Gasteiger partial charge >= 0.3 is 316 Å². The fraction of sp³-hybridized carbons (Fsp3) is 0.0545. The van der Waals surface area contributed by atoms with Crippen molar-refractivity contribution in [1.29, 1.82) is 0 Å². The second-order valence-corrected chi connectivity index (χ2v) is 24.2. The van der Waals surface area contributed by atoms with Gasteiger partial charge in [-0.15, -0.1) is 0 Å². The minimum atomic E-state index is -3.66. The Morgan fingerprint density at radius 1 is 0.458 bits per heavy atom. The molecule has 278 valence electrons. The molecule has 0 N–H and O–H groups in total. The van der Waals surface area contributed by atoms with E-state index in [1.54, 1.807) is 0 Å². The summed E-state index contributed by atoms with van der Waals surface area (Å²) in [5.41, 5.74) is 14.4. The van der Waals surface area contributed by atoms with Crippen LogP contribution < -0.4 is 17.7 Å². The molecular formula is C55H39GeN3. The first-order valence-corrected chi connectivity index (χ1v) is 24.7. The molecule has 12 rings (SSSR count). The molecule has 1 aliphatic carbocycles. The van der Waals surface area contributed by atoms with Crippen LogP contribution in [0.5, 0.6) is 0 Å². The van der Waals surface area contributed by atoms with Gasteiger partial charge in [-0.1, -0.05) is 32.0 Å². The van der Waals surface area contributed by atoms with Gasteiger partial charge in [0.25, 0.3) is 0 Å². The predicted molar refractivity (Wildman–Crippen MR) is 247 cm³/mol. The first kappa shape index (κ1) is 34.2. The normalized spacial score (nSPS) is 14.2. The van der Waals surface area contributed by atoms with E-state index >= 15 is 0 Å². The van der Waals surface area contributed by atoms with Crippen LogP contribution >= 0.6 is 0 Å². The van der Waals surface area contributed by atoms with Crippen LogP contribution in [-0.2, 0) is 5.41 Å². The van der Waals surface area contributed by atoms with Gasteiger partial charge in [0.05, 0.1) is 0 Å². The van der Waals surface area contributed by atoms with Crippen LogP contribution in [0.1, 0.15) is 25.0 Å². The van der Waals surface area contributed by atoms with Gasteiger partial charge in [0, 0.05) is 0 Å². The molecule has 8 aromatic carbocycles. The van der Waals surface area contributed by atoms with Crippen LogP contribution in [-0.4, -0.2) is 27.8 Å². The van der Waals surface area contributed by atoms with E-state index < -0.39 is 13.3 Å². The Balaban J connectivity index is 1.13. The molecule has 59 heavy (non-hydrogen) atoms. The maximum absolute atomic E-state index is 5.69. The summed E-state index contributed by atoms with van der Waals surface area (Å²) >= 11 is -3.66. The zero-order chi connectivity index (χ0) is 39.3. The average Bonchev–Trinajstić information content (AvgIpc) is 3.88. The Labute approximate surface area is 346 Å². The van der Waals surface area contributed by atoms with Crippen molar-refractivity contribution in [3.05, 3.63) is 211 Å². The number of fused-ring (bicyclic) bond motifs is 10. The fourth-order valence-corrected chi connectivity index (χ4v) is 21.0. The summed E-state index contributed by atoms with van der Waals surface area (Å²) in [6.45, 7) is 4.73. The Morgan fingerprint density at radius 3 is 1.80 bits per heavy atom. The van der Waals surface area contributed by atoms with Gasteiger partial charge < -0.3 is 0 Å². The van der Waals surface area contributed by atoms with Crippen molar-refractivity contribution >= 4 is 52.8 Å². The molecule has 4 heteroatoms. The first-order chi connectivity index (χ1) is 29.0. The third kappa shape index (κ3) is 4.77. The van der Waals surface area contributed by atoms with Gasteiger partial charge in [0.2, 0.25) is 0 Å². The Hall–Kier alpha value is -6.82. The molecule has 2 aromatic heterocycles. The molecule has 0 saturated heterocycles. The van der Waals surface area contributed by atoms with E-state index in [2.05, 4.69) is 219 Å². The number of aromatic nitrogens is 3. The second kappa shape index (κ2) is 12.8. The summed E-state index contributed by atoms with van der Waals surface area (Å²) < 4.78 is 7.82. The molecule has 0 amide bonds. The quantitative estimate of drug-likeness (QED) is 0.162. The van der Waals surface area contributed by atoms with E-state index in [0.29, 0.717) is 0 Å². The second-order valence-electron chi connectivity index (χ2n) is 16.5. The Kier molecular flexibility index (Phi) is 7.45. The molecule has 0 fully saturated rings. The molecule has 0 radical (unpaired) electrons. The third-order valence-corrected chi connectivity index (χ3v) is 23.0. The molecule has 10 aromatic rings. The number of para-hydroxylation sites is 1. The summed E-state index contributed by atoms with van der Waals surface area (Å²) in [5, 5.41) is 2.54. The number of nitrogens with zero attached hydrogens (tertiary/aromatic N) is 3. The molecular weight excluding hydrogens is 775 g/mol. The van der Waals surface area contributed by atoms with Crippen molar-refractivity contribution in [1.82, 2.24) is 14.5 Å². The van der Waals surface area contributed by atoms with Crippen LogP contribution in [0, 0.1) is 0 Å². The van der Waals surface area contributed by atoms with E-state index in [0.717, 1.165) is 33.9 Å². The van der Waals surface area contributed by atoms with Crippen LogP contribution in [0.15, 0.2) is 200 Å². The SMILES string of the molecule is CC1(C)c2ccccc2-c2c1ccc1c3ccccc3n(-c3ccc(-c4nc(-c5ccccc5)n[c]5c4-c4cccc[c]4[Ge]5([c]4ccccc4)[c]4ccccc4)cc3)c21. The first-order valence-electron chi connectivity index (χ1n) is 20.5. The van der Waals surface area contributed by atoms with E-state index in [-0.39, 0.29) is 5.41 Å². The molecule has 2 aliphatic rings. The molecule has 0 unspecified atom stereocenters. The van der Waals surface area contributed by atoms with Gasteiger partial charge in [-0.05, 0) is 0 Å². The summed E-state index contributed by atoms with van der Waals surface area (Å²) in [5.74, 6) is 0.761. The van der Waals surface area contributed by atoms with Crippen LogP contribution in [0.4, 0.5) is 0 Å². The van der Waals surface area contributed by atoms with Gasteiger partial charge in [0.15, 0.2) is 0 Å². The summed E-state index contributed by atoms with van der Waals surface area (Å²) in [4.78, 5) is 11.2. The van der Waals surface area contributed by atoms with Crippen LogP contribution in [0.3, 0.4) is 0 Å². The summed E-state index contributed by atoms with van der Waals surface area (Å²) in [7, 11) is 0. The van der Waals surface area contributed by atoms with E-state index in [1.807, 2.05) is 0 Å². The van der Waals surface area contributed by atoms with Crippen LogP contribution in [0.2, 0.25) is 0 Å². The monoisotopic (exact) mass is 815 g/mol. The summed E-state index contributed by atoms with van der Waals surface area (Å²) in [6.07, 6.45) is 0. The standard InChI is InChI=1S/C55H39GeN3/c1-55(2)45-27-15-12-25-43(45)49-46(55)35-34-42-41-24-14-17-29-48(41)59(52(42)49)40-32-30-36(31-33-40)51-50-44-26-13-16-28-47(44)56(38-20-8-4-9-21-38,39-22-10-5-11-23-39)53(50)58-54(57-51)37-18-6-3-7-19-37/h3-35H,1-2H3. The number of hydrogen-bond acceptors (Lipinski definition) is 2. The molecule has 0 saturated carbocycles. The molecule has 0 bridgehead atoms. The van der Waals surface area contributed by atoms with Gasteiger partial charge in [0.1, 0.15) is 0 Å². The van der Waals surface area contributed by atoms with E-state index in [4.69, 9.17) is 9.97 Å². The van der Waals surface area contributed by atoms with Gasteiger partial charge in [-0.3, -0.25) is 0 Å². The van der Waals surface area contributed by atoms with E-state index in [9.17, 15) is 0 Å². The number of hydrogen-bond donors (Lipinski definition) is 0. The Morgan fingerprint density at radius 2 is 1.07 bits per heavy atom. The maximum atomic E-state index is 5.69. The van der Waals surface area contributed by atoms with Crippen molar-refractivity contribution in [3.8, 4) is 50.6 Å². The predicted octanol–water partition coefficient (Wildman–Crippen LogP) is 10.6. The minimum absolute atomic E-state index is 0.0927. The Bertz CT molecular complexity index is 3240. The van der Waals surface area contributed by atoms with Crippen molar-refractivity contribution < 1.29 is 0 Å². The fourth-order valence-electron chi connectivity index (χ4n) is 10.5.